The molecule has 5 aromatic heterocycles. The van der Waals surface area contributed by atoms with Crippen LogP contribution >= 0.6 is 0 Å². The molecule has 4 saturated heterocycles. The second-order valence-corrected chi connectivity index (χ2v) is 17.1. The van der Waals surface area contributed by atoms with Crippen molar-refractivity contribution < 1.29 is 32.6 Å². The van der Waals surface area contributed by atoms with Crippen molar-refractivity contribution in [1.82, 2.24) is 44.0 Å². The minimum atomic E-state index is -2.86. The molecule has 5 fully saturated rings. The molecule has 4 aliphatic heterocycles. The zero-order chi connectivity index (χ0) is 42.5. The van der Waals surface area contributed by atoms with E-state index in [4.69, 9.17) is 14.5 Å². The molecule has 5 aromatic rings. The van der Waals surface area contributed by atoms with Gasteiger partial charge in [0.1, 0.15) is 29.5 Å². The Balaban J connectivity index is 0.691. The smallest absolute Gasteiger partial charge is 0.329 e. The van der Waals surface area contributed by atoms with E-state index >= 15 is 0 Å². The molecule has 1 saturated carbocycles. The fourth-order valence-corrected chi connectivity index (χ4v) is 9.79. The minimum Gasteiger partial charge on any atom is -0.374 e. The van der Waals surface area contributed by atoms with Crippen molar-refractivity contribution in [3.63, 3.8) is 0 Å². The van der Waals surface area contributed by atoms with Crippen molar-refractivity contribution in [2.24, 2.45) is 11.8 Å². The molecule has 2 N–H and O–H groups in total. The Bertz CT molecular complexity index is 2570. The number of amides is 4. The van der Waals surface area contributed by atoms with Crippen LogP contribution in [0.1, 0.15) is 86.0 Å². The molecule has 324 valence electrons. The van der Waals surface area contributed by atoms with Crippen molar-refractivity contribution in [3.05, 3.63) is 66.0 Å². The molecular formula is C43H48F2N12O5. The summed E-state index contributed by atoms with van der Waals surface area (Å²) in [5.41, 5.74) is 1.55. The number of ether oxygens (including phenoxy) is 2. The van der Waals surface area contributed by atoms with Crippen molar-refractivity contribution >= 4 is 46.5 Å². The Hall–Kier alpha value is -5.97. The number of hydrogen-bond acceptors (Lipinski definition) is 11. The van der Waals surface area contributed by atoms with Crippen LogP contribution in [0.15, 0.2) is 49.2 Å². The lowest BCUT2D eigenvalue weighted by atomic mass is 9.85. The Labute approximate surface area is 355 Å². The van der Waals surface area contributed by atoms with Gasteiger partial charge in [-0.1, -0.05) is 18.8 Å². The number of carbonyl (C=O) groups is 3. The second-order valence-electron chi connectivity index (χ2n) is 17.1. The highest BCUT2D eigenvalue weighted by Crippen LogP contribution is 2.37. The zero-order valence-electron chi connectivity index (χ0n) is 34.3. The number of nitrogens with zero attached hydrogens (tertiary/aromatic N) is 10. The number of pyridine rings is 1. The number of likely N-dealkylation sites (tertiary alicyclic amines) is 1. The summed E-state index contributed by atoms with van der Waals surface area (Å²) in [4.78, 5) is 52.8. The lowest BCUT2D eigenvalue weighted by Crippen LogP contribution is -2.50. The summed E-state index contributed by atoms with van der Waals surface area (Å²) in [5.74, 6) is 7.62. The van der Waals surface area contributed by atoms with Gasteiger partial charge >= 0.3 is 6.03 Å². The molecule has 0 aromatic carbocycles. The Morgan fingerprint density at radius 3 is 2.73 bits per heavy atom. The Kier molecular flexibility index (Phi) is 10.8. The van der Waals surface area contributed by atoms with Crippen LogP contribution in [0.4, 0.5) is 30.9 Å². The number of halogens is 2. The molecule has 4 atom stereocenters. The second kappa shape index (κ2) is 16.7. The highest BCUT2D eigenvalue weighted by Gasteiger charge is 2.40. The number of carbonyl (C=O) groups excluding carboxylic acids is 3. The minimum absolute atomic E-state index is 0.00170. The average molecular weight is 851 g/mol. The zero-order valence-corrected chi connectivity index (χ0v) is 34.3. The SMILES string of the molecule is C[C@@H]1CN(CC2CCC(n3cc(NC(=O)c4cnn5ccc(N6C[C@H]7C[C@@H]6CO7)nc45)c(C(F)F)n3)CC2)CC[C@H]1OCC#Cc1ccn2c(N3CCC(=O)NC3=O)cnc2c1. The van der Waals surface area contributed by atoms with Crippen LogP contribution in [0.25, 0.3) is 11.3 Å². The van der Waals surface area contributed by atoms with Gasteiger partial charge in [0.05, 0.1) is 49.0 Å². The first-order valence-corrected chi connectivity index (χ1v) is 21.5. The number of anilines is 3. The summed E-state index contributed by atoms with van der Waals surface area (Å²) in [7, 11) is 0. The number of alkyl halides is 2. The van der Waals surface area contributed by atoms with E-state index < -0.39 is 24.1 Å². The van der Waals surface area contributed by atoms with Gasteiger partial charge in [0, 0.05) is 63.3 Å². The third kappa shape index (κ3) is 7.98. The van der Waals surface area contributed by atoms with Gasteiger partial charge < -0.3 is 24.6 Å². The number of rotatable bonds is 10. The summed E-state index contributed by atoms with van der Waals surface area (Å²) in [6.07, 6.45) is 11.2. The predicted octanol–water partition coefficient (Wildman–Crippen LogP) is 4.70. The van der Waals surface area contributed by atoms with E-state index in [1.54, 1.807) is 27.7 Å². The van der Waals surface area contributed by atoms with Crippen LogP contribution in [0.5, 0.6) is 0 Å². The number of imide groups is 1. The third-order valence-corrected chi connectivity index (χ3v) is 13.1. The molecule has 17 nitrogen and oxygen atoms in total. The normalized spacial score (nSPS) is 25.5. The molecule has 62 heavy (non-hydrogen) atoms. The standard InChI is InChI=1S/C43H48F2N12O5/c1-26-21-52(12-9-34(26)61-16-2-3-27-8-13-53-36(17-27)46-20-38(53)54-14-11-37(58)50-43(54)60)22-28-4-6-29(7-5-28)57-24-33(39(51-57)40(44)45)48-42(59)32-19-47-56-15-10-35(49-41(32)56)55-23-31-18-30(55)25-62-31/h8,10,13,15,17,19-20,24,26,28-31,34,40H,4-7,9,11-12,14,16,18,21-23,25H2,1H3,(H,48,59)(H,50,58,60)/t26-,28?,29?,30-,31-,34-/m1/s1. The van der Waals surface area contributed by atoms with Gasteiger partial charge in [0.25, 0.3) is 12.3 Å². The average Bonchev–Trinajstić information content (AvgIpc) is 4.12. The maximum absolute atomic E-state index is 14.3. The molecule has 0 radical (unpaired) electrons. The number of morpholine rings is 1. The highest BCUT2D eigenvalue weighted by atomic mass is 19.3. The fraction of sp³-hybridized carbons (Fsp3) is 0.512. The van der Waals surface area contributed by atoms with E-state index in [2.05, 4.69) is 54.4 Å². The summed E-state index contributed by atoms with van der Waals surface area (Å²) in [5, 5.41) is 13.6. The van der Waals surface area contributed by atoms with E-state index in [0.29, 0.717) is 48.7 Å². The van der Waals surface area contributed by atoms with E-state index in [1.165, 1.54) is 15.6 Å². The van der Waals surface area contributed by atoms with Crippen LogP contribution in [0.3, 0.4) is 0 Å². The quantitative estimate of drug-likeness (QED) is 0.187. The molecule has 4 amide bonds. The van der Waals surface area contributed by atoms with Crippen LogP contribution in [-0.2, 0) is 14.3 Å². The maximum atomic E-state index is 14.3. The molecule has 2 bridgehead atoms. The fourth-order valence-electron chi connectivity index (χ4n) is 9.79. The van der Waals surface area contributed by atoms with Crippen LogP contribution < -0.4 is 20.4 Å². The topological polar surface area (TPSA) is 169 Å². The number of urea groups is 1. The monoisotopic (exact) mass is 850 g/mol. The van der Waals surface area contributed by atoms with E-state index in [0.717, 1.165) is 76.1 Å². The van der Waals surface area contributed by atoms with Crippen LogP contribution in [-0.4, -0.2) is 121 Å². The summed E-state index contributed by atoms with van der Waals surface area (Å²) >= 11 is 0. The predicted molar refractivity (Wildman–Crippen MR) is 222 cm³/mol. The molecular weight excluding hydrogens is 803 g/mol. The third-order valence-electron chi connectivity index (χ3n) is 13.1. The van der Waals surface area contributed by atoms with Gasteiger partial charge in [-0.3, -0.25) is 28.9 Å². The number of fused-ring (bicyclic) bond motifs is 4. The van der Waals surface area contributed by atoms with Gasteiger partial charge in [0.15, 0.2) is 11.3 Å². The van der Waals surface area contributed by atoms with E-state index in [1.807, 2.05) is 24.4 Å². The number of hydrogen-bond donors (Lipinski definition) is 2. The summed E-state index contributed by atoms with van der Waals surface area (Å²) < 4.78 is 45.5. The maximum Gasteiger partial charge on any atom is 0.329 e. The number of aromatic nitrogens is 7. The lowest BCUT2D eigenvalue weighted by Gasteiger charge is -2.39. The van der Waals surface area contributed by atoms with Gasteiger partial charge in [-0.25, -0.2) is 28.1 Å². The van der Waals surface area contributed by atoms with E-state index in [9.17, 15) is 23.2 Å². The van der Waals surface area contributed by atoms with Crippen LogP contribution in [0.2, 0.25) is 0 Å². The van der Waals surface area contributed by atoms with Crippen molar-refractivity contribution in [3.8, 4) is 11.8 Å². The number of nitrogens with one attached hydrogen (secondary N) is 2. The van der Waals surface area contributed by atoms with Crippen molar-refractivity contribution in [2.75, 3.05) is 61.1 Å². The number of imidazole rings is 1. The molecule has 1 aliphatic carbocycles. The first kappa shape index (κ1) is 40.1. The molecule has 19 heteroatoms. The van der Waals surface area contributed by atoms with Gasteiger partial charge in [-0.15, -0.1) is 0 Å². The number of piperidine rings is 1. The molecule has 0 unspecified atom stereocenters. The van der Waals surface area contributed by atoms with Gasteiger partial charge in [0.2, 0.25) is 5.91 Å². The highest BCUT2D eigenvalue weighted by molar-refractivity contribution is 6.08. The van der Waals surface area contributed by atoms with Crippen LogP contribution in [0, 0.1) is 23.7 Å². The molecule has 0 spiro atoms. The Morgan fingerprint density at radius 1 is 1.08 bits per heavy atom. The van der Waals surface area contributed by atoms with Crippen molar-refractivity contribution in [1.29, 1.82) is 0 Å². The summed E-state index contributed by atoms with van der Waals surface area (Å²) in [6, 6.07) is 5.34. The summed E-state index contributed by atoms with van der Waals surface area (Å²) in [6.45, 7) is 7.05. The largest absolute Gasteiger partial charge is 0.374 e. The first-order chi connectivity index (χ1) is 30.1. The van der Waals surface area contributed by atoms with Gasteiger partial charge in [-0.2, -0.15) is 10.2 Å². The van der Waals surface area contributed by atoms with E-state index in [-0.39, 0.29) is 47.9 Å². The Morgan fingerprint density at radius 2 is 1.95 bits per heavy atom. The molecule has 9 heterocycles. The molecule has 5 aliphatic rings. The van der Waals surface area contributed by atoms with Crippen molar-refractivity contribution in [2.45, 2.75) is 82.6 Å². The first-order valence-electron chi connectivity index (χ1n) is 21.5. The lowest BCUT2D eigenvalue weighted by molar-refractivity contribution is -0.120. The molecule has 10 rings (SSSR count). The van der Waals surface area contributed by atoms with Gasteiger partial charge in [-0.05, 0) is 68.6 Å².